The molecular weight excluding hydrogens is 392 g/mol. The molecule has 7 heteroatoms. The Kier molecular flexibility index (Phi) is 6.15. The highest BCUT2D eigenvalue weighted by molar-refractivity contribution is 9.10. The van der Waals surface area contributed by atoms with Crippen LogP contribution in [0.3, 0.4) is 0 Å². The summed E-state index contributed by atoms with van der Waals surface area (Å²) in [5, 5.41) is 2.69. The number of amides is 1. The molecule has 2 aromatic rings. The number of hydrogen-bond acceptors (Lipinski definition) is 3. The van der Waals surface area contributed by atoms with E-state index in [-0.39, 0.29) is 23.9 Å². The van der Waals surface area contributed by atoms with E-state index in [2.05, 4.69) is 26.0 Å². The van der Waals surface area contributed by atoms with Gasteiger partial charge < -0.3 is 5.32 Å². The third kappa shape index (κ3) is 4.90. The number of hydrogen-bond donors (Lipinski definition) is 2. The van der Waals surface area contributed by atoms with Gasteiger partial charge in [-0.05, 0) is 49.7 Å². The molecule has 24 heavy (non-hydrogen) atoms. The van der Waals surface area contributed by atoms with E-state index in [0.717, 1.165) is 10.0 Å². The molecule has 128 valence electrons. The molecule has 0 saturated carbocycles. The second-order valence-electron chi connectivity index (χ2n) is 5.43. The second kappa shape index (κ2) is 7.92. The lowest BCUT2D eigenvalue weighted by Gasteiger charge is -2.10. The molecule has 0 unspecified atom stereocenters. The Labute approximate surface area is 150 Å². The van der Waals surface area contributed by atoms with Crippen molar-refractivity contribution in [3.05, 3.63) is 63.6 Å². The molecule has 0 saturated heterocycles. The summed E-state index contributed by atoms with van der Waals surface area (Å²) in [5.74, 6) is -0.242. The standard InChI is InChI=1S/C17H19BrN2O3S/c1-12-3-8-16(13(2)11-12)24(22,23)20-10-9-19-17(21)14-4-6-15(18)7-5-14/h3-8,11,20H,9-10H2,1-2H3,(H,19,21). The van der Waals surface area contributed by atoms with Gasteiger partial charge in [-0.1, -0.05) is 33.6 Å². The van der Waals surface area contributed by atoms with Gasteiger partial charge in [-0.2, -0.15) is 0 Å². The van der Waals surface area contributed by atoms with E-state index in [1.165, 1.54) is 0 Å². The fourth-order valence-corrected chi connectivity index (χ4v) is 3.76. The third-order valence-electron chi connectivity index (χ3n) is 3.43. The normalized spacial score (nSPS) is 11.3. The SMILES string of the molecule is Cc1ccc(S(=O)(=O)NCCNC(=O)c2ccc(Br)cc2)c(C)c1. The van der Waals surface area contributed by atoms with Gasteiger partial charge in [-0.25, -0.2) is 13.1 Å². The van der Waals surface area contributed by atoms with Crippen LogP contribution in [0.5, 0.6) is 0 Å². The molecule has 0 spiro atoms. The molecule has 0 aliphatic carbocycles. The van der Waals surface area contributed by atoms with E-state index in [4.69, 9.17) is 0 Å². The first-order valence-electron chi connectivity index (χ1n) is 7.40. The van der Waals surface area contributed by atoms with Crippen LogP contribution in [0.15, 0.2) is 51.8 Å². The highest BCUT2D eigenvalue weighted by Crippen LogP contribution is 2.16. The van der Waals surface area contributed by atoms with Crippen LogP contribution < -0.4 is 10.0 Å². The minimum absolute atomic E-state index is 0.123. The molecule has 0 aliphatic rings. The van der Waals surface area contributed by atoms with Crippen LogP contribution in [0.2, 0.25) is 0 Å². The molecule has 1 amide bonds. The van der Waals surface area contributed by atoms with Crippen LogP contribution in [0, 0.1) is 13.8 Å². The van der Waals surface area contributed by atoms with E-state index in [1.54, 1.807) is 43.3 Å². The maximum absolute atomic E-state index is 12.3. The summed E-state index contributed by atoms with van der Waals surface area (Å²) in [4.78, 5) is 12.2. The van der Waals surface area contributed by atoms with Crippen molar-refractivity contribution in [3.8, 4) is 0 Å². The number of carbonyl (C=O) groups is 1. The molecule has 0 fully saturated rings. The average Bonchev–Trinajstić information content (AvgIpc) is 2.51. The molecule has 2 aromatic carbocycles. The van der Waals surface area contributed by atoms with E-state index >= 15 is 0 Å². The van der Waals surface area contributed by atoms with Crippen molar-refractivity contribution in [2.45, 2.75) is 18.7 Å². The summed E-state index contributed by atoms with van der Waals surface area (Å²) in [6.07, 6.45) is 0. The first-order valence-corrected chi connectivity index (χ1v) is 9.68. The Morgan fingerprint density at radius 1 is 1.04 bits per heavy atom. The van der Waals surface area contributed by atoms with Crippen LogP contribution in [0.25, 0.3) is 0 Å². The van der Waals surface area contributed by atoms with Crippen LogP contribution in [-0.4, -0.2) is 27.4 Å². The largest absolute Gasteiger partial charge is 0.351 e. The summed E-state index contributed by atoms with van der Waals surface area (Å²) < 4.78 is 28.0. The predicted octanol–water partition coefficient (Wildman–Crippen LogP) is 2.77. The van der Waals surface area contributed by atoms with Crippen LogP contribution >= 0.6 is 15.9 Å². The summed E-state index contributed by atoms with van der Waals surface area (Å²) in [6, 6.07) is 12.1. The van der Waals surface area contributed by atoms with Gasteiger partial charge in [-0.15, -0.1) is 0 Å². The lowest BCUT2D eigenvalue weighted by atomic mass is 10.2. The van der Waals surface area contributed by atoms with Crippen molar-refractivity contribution in [1.82, 2.24) is 10.0 Å². The molecular formula is C17H19BrN2O3S. The van der Waals surface area contributed by atoms with Crippen LogP contribution in [0.4, 0.5) is 0 Å². The number of carbonyl (C=O) groups excluding carboxylic acids is 1. The Balaban J connectivity index is 1.89. The zero-order chi connectivity index (χ0) is 17.7. The fraction of sp³-hybridized carbons (Fsp3) is 0.235. The molecule has 0 radical (unpaired) electrons. The van der Waals surface area contributed by atoms with Gasteiger partial charge in [0.15, 0.2) is 0 Å². The van der Waals surface area contributed by atoms with Crippen LogP contribution in [-0.2, 0) is 10.0 Å². The number of aryl methyl sites for hydroxylation is 2. The summed E-state index contributed by atoms with van der Waals surface area (Å²) in [5.41, 5.74) is 2.23. The van der Waals surface area contributed by atoms with Gasteiger partial charge in [-0.3, -0.25) is 4.79 Å². The lowest BCUT2D eigenvalue weighted by Crippen LogP contribution is -2.34. The van der Waals surface area contributed by atoms with Gasteiger partial charge in [0, 0.05) is 23.1 Å². The smallest absolute Gasteiger partial charge is 0.251 e. The molecule has 0 aromatic heterocycles. The predicted molar refractivity (Wildman–Crippen MR) is 97.6 cm³/mol. The van der Waals surface area contributed by atoms with Gasteiger partial charge >= 0.3 is 0 Å². The van der Waals surface area contributed by atoms with Crippen molar-refractivity contribution in [2.24, 2.45) is 0 Å². The van der Waals surface area contributed by atoms with Crippen molar-refractivity contribution in [3.63, 3.8) is 0 Å². The Hall–Kier alpha value is -1.70. The Morgan fingerprint density at radius 3 is 2.33 bits per heavy atom. The minimum Gasteiger partial charge on any atom is -0.351 e. The van der Waals surface area contributed by atoms with Crippen molar-refractivity contribution < 1.29 is 13.2 Å². The minimum atomic E-state index is -3.58. The Morgan fingerprint density at radius 2 is 1.71 bits per heavy atom. The monoisotopic (exact) mass is 410 g/mol. The number of halogens is 1. The zero-order valence-corrected chi connectivity index (χ0v) is 15.9. The van der Waals surface area contributed by atoms with Crippen molar-refractivity contribution in [1.29, 1.82) is 0 Å². The molecule has 0 heterocycles. The number of nitrogens with one attached hydrogen (secondary N) is 2. The highest BCUT2D eigenvalue weighted by atomic mass is 79.9. The molecule has 2 N–H and O–H groups in total. The van der Waals surface area contributed by atoms with Crippen LogP contribution in [0.1, 0.15) is 21.5 Å². The topological polar surface area (TPSA) is 75.3 Å². The molecule has 2 rings (SSSR count). The van der Waals surface area contributed by atoms with Gasteiger partial charge in [0.05, 0.1) is 4.90 Å². The summed E-state index contributed by atoms with van der Waals surface area (Å²) in [6.45, 7) is 4.00. The maximum Gasteiger partial charge on any atom is 0.251 e. The lowest BCUT2D eigenvalue weighted by molar-refractivity contribution is 0.0954. The third-order valence-corrected chi connectivity index (χ3v) is 5.58. The average molecular weight is 411 g/mol. The van der Waals surface area contributed by atoms with Crippen molar-refractivity contribution >= 4 is 31.9 Å². The van der Waals surface area contributed by atoms with Gasteiger partial charge in [0.2, 0.25) is 10.0 Å². The van der Waals surface area contributed by atoms with E-state index < -0.39 is 10.0 Å². The Bertz CT molecular complexity index is 833. The fourth-order valence-electron chi connectivity index (χ4n) is 2.24. The van der Waals surface area contributed by atoms with Crippen molar-refractivity contribution in [2.75, 3.05) is 13.1 Å². The van der Waals surface area contributed by atoms with E-state index in [0.29, 0.717) is 11.1 Å². The van der Waals surface area contributed by atoms with Gasteiger partial charge in [0.1, 0.15) is 0 Å². The quantitative estimate of drug-likeness (QED) is 0.718. The second-order valence-corrected chi connectivity index (χ2v) is 8.08. The van der Waals surface area contributed by atoms with E-state index in [1.807, 2.05) is 13.0 Å². The number of rotatable bonds is 6. The molecule has 0 aliphatic heterocycles. The van der Waals surface area contributed by atoms with E-state index in [9.17, 15) is 13.2 Å². The molecule has 5 nitrogen and oxygen atoms in total. The number of sulfonamides is 1. The highest BCUT2D eigenvalue weighted by Gasteiger charge is 2.16. The first kappa shape index (κ1) is 18.6. The summed E-state index contributed by atoms with van der Waals surface area (Å²) in [7, 11) is -3.58. The van der Waals surface area contributed by atoms with Gasteiger partial charge in [0.25, 0.3) is 5.91 Å². The first-order chi connectivity index (χ1) is 11.3. The summed E-state index contributed by atoms with van der Waals surface area (Å²) >= 11 is 3.30. The molecule has 0 atom stereocenters. The zero-order valence-electron chi connectivity index (χ0n) is 13.5. The molecule has 0 bridgehead atoms. The maximum atomic E-state index is 12.3. The number of benzene rings is 2.